The summed E-state index contributed by atoms with van der Waals surface area (Å²) in [6.07, 6.45) is 8.12. The maximum atomic E-state index is 12.3. The van der Waals surface area contributed by atoms with Crippen LogP contribution in [-0.2, 0) is 11.2 Å². The summed E-state index contributed by atoms with van der Waals surface area (Å²) in [5.41, 5.74) is 2.51. The van der Waals surface area contributed by atoms with E-state index in [2.05, 4.69) is 41.2 Å². The van der Waals surface area contributed by atoms with Crippen molar-refractivity contribution in [3.8, 4) is 0 Å². The minimum absolute atomic E-state index is 0.346. The van der Waals surface area contributed by atoms with E-state index < -0.39 is 0 Å². The van der Waals surface area contributed by atoms with Gasteiger partial charge in [0.25, 0.3) is 0 Å². The highest BCUT2D eigenvalue weighted by atomic mass is 16.2. The Bertz CT molecular complexity index is 616. The van der Waals surface area contributed by atoms with Gasteiger partial charge >= 0.3 is 0 Å². The first-order valence-corrected chi connectivity index (χ1v) is 8.14. The molecule has 0 aliphatic carbocycles. The Hall–Kier alpha value is -1.77. The van der Waals surface area contributed by atoms with Crippen LogP contribution in [0.3, 0.4) is 0 Å². The third kappa shape index (κ3) is 2.97. The van der Waals surface area contributed by atoms with Gasteiger partial charge in [-0.1, -0.05) is 25.1 Å². The number of nitrogens with zero attached hydrogens (tertiary/aromatic N) is 1. The van der Waals surface area contributed by atoms with Crippen LogP contribution in [0.5, 0.6) is 0 Å². The van der Waals surface area contributed by atoms with E-state index in [1.165, 1.54) is 29.3 Å². The Morgan fingerprint density at radius 1 is 1.38 bits per heavy atom. The van der Waals surface area contributed by atoms with Gasteiger partial charge in [-0.15, -0.1) is 0 Å². The molecule has 1 aromatic heterocycles. The van der Waals surface area contributed by atoms with Crippen LogP contribution in [0.4, 0.5) is 0 Å². The SMILES string of the molecule is CCC1CCCN1C(=O)CCCc1c[nH]c2ccccc12. The van der Waals surface area contributed by atoms with Crippen molar-refractivity contribution in [3.63, 3.8) is 0 Å². The number of carbonyl (C=O) groups excluding carboxylic acids is 1. The normalized spacial score (nSPS) is 18.5. The molecular weight excluding hydrogens is 260 g/mol. The molecule has 1 N–H and O–H groups in total. The highest BCUT2D eigenvalue weighted by Crippen LogP contribution is 2.22. The van der Waals surface area contributed by atoms with Crippen molar-refractivity contribution < 1.29 is 4.79 Å². The van der Waals surface area contributed by atoms with Crippen LogP contribution >= 0.6 is 0 Å². The molecule has 0 spiro atoms. The summed E-state index contributed by atoms with van der Waals surface area (Å²) in [5.74, 6) is 0.346. The monoisotopic (exact) mass is 284 g/mol. The Morgan fingerprint density at radius 3 is 3.10 bits per heavy atom. The predicted octanol–water partition coefficient (Wildman–Crippen LogP) is 3.89. The lowest BCUT2D eigenvalue weighted by atomic mass is 10.1. The molecule has 1 aromatic carbocycles. The van der Waals surface area contributed by atoms with Gasteiger partial charge in [0.2, 0.25) is 5.91 Å². The van der Waals surface area contributed by atoms with E-state index in [0.29, 0.717) is 18.4 Å². The van der Waals surface area contributed by atoms with Gasteiger partial charge in [0, 0.05) is 36.1 Å². The summed E-state index contributed by atoms with van der Waals surface area (Å²) >= 11 is 0. The summed E-state index contributed by atoms with van der Waals surface area (Å²) in [7, 11) is 0. The zero-order chi connectivity index (χ0) is 14.7. The second kappa shape index (κ2) is 6.33. The highest BCUT2D eigenvalue weighted by molar-refractivity contribution is 5.83. The molecule has 1 atom stereocenters. The van der Waals surface area contributed by atoms with Gasteiger partial charge in [-0.3, -0.25) is 4.79 Å². The van der Waals surface area contributed by atoms with Crippen LogP contribution in [0.25, 0.3) is 10.9 Å². The number of likely N-dealkylation sites (tertiary alicyclic amines) is 1. The summed E-state index contributed by atoms with van der Waals surface area (Å²) in [5, 5.41) is 1.29. The Balaban J connectivity index is 1.55. The second-order valence-corrected chi connectivity index (χ2v) is 6.00. The smallest absolute Gasteiger partial charge is 0.222 e. The Morgan fingerprint density at radius 2 is 2.24 bits per heavy atom. The number of aromatic amines is 1. The third-order valence-electron chi connectivity index (χ3n) is 4.68. The van der Waals surface area contributed by atoms with Crippen molar-refractivity contribution in [1.29, 1.82) is 0 Å². The first-order valence-electron chi connectivity index (χ1n) is 8.14. The number of H-pyrrole nitrogens is 1. The van der Waals surface area contributed by atoms with E-state index in [0.717, 1.165) is 25.8 Å². The fourth-order valence-corrected chi connectivity index (χ4v) is 3.50. The number of fused-ring (bicyclic) bond motifs is 1. The summed E-state index contributed by atoms with van der Waals surface area (Å²) in [6.45, 7) is 3.15. The molecular formula is C18H24N2O. The lowest BCUT2D eigenvalue weighted by molar-refractivity contribution is -0.132. The summed E-state index contributed by atoms with van der Waals surface area (Å²) < 4.78 is 0. The molecule has 1 fully saturated rings. The van der Waals surface area contributed by atoms with Gasteiger partial charge in [0.1, 0.15) is 0 Å². The zero-order valence-electron chi connectivity index (χ0n) is 12.8. The number of amides is 1. The Labute approximate surface area is 126 Å². The van der Waals surface area contributed by atoms with Crippen LogP contribution in [0, 0.1) is 0 Å². The molecule has 2 aromatic rings. The van der Waals surface area contributed by atoms with Gasteiger partial charge in [-0.2, -0.15) is 0 Å². The van der Waals surface area contributed by atoms with E-state index in [9.17, 15) is 4.79 Å². The van der Waals surface area contributed by atoms with Crippen LogP contribution in [0.15, 0.2) is 30.5 Å². The van der Waals surface area contributed by atoms with Crippen molar-refractivity contribution >= 4 is 16.8 Å². The van der Waals surface area contributed by atoms with E-state index in [1.54, 1.807) is 0 Å². The first kappa shape index (κ1) is 14.2. The quantitative estimate of drug-likeness (QED) is 0.888. The molecule has 21 heavy (non-hydrogen) atoms. The van der Waals surface area contributed by atoms with Crippen molar-refractivity contribution in [1.82, 2.24) is 9.88 Å². The lowest BCUT2D eigenvalue weighted by Gasteiger charge is -2.23. The van der Waals surface area contributed by atoms with E-state index in [1.807, 2.05) is 6.07 Å². The van der Waals surface area contributed by atoms with E-state index in [4.69, 9.17) is 0 Å². The number of para-hydroxylation sites is 1. The number of hydrogen-bond acceptors (Lipinski definition) is 1. The second-order valence-electron chi connectivity index (χ2n) is 6.00. The first-order chi connectivity index (χ1) is 10.3. The number of nitrogens with one attached hydrogen (secondary N) is 1. The zero-order valence-corrected chi connectivity index (χ0v) is 12.8. The Kier molecular flexibility index (Phi) is 4.28. The predicted molar refractivity (Wildman–Crippen MR) is 86.3 cm³/mol. The number of aryl methyl sites for hydroxylation is 1. The van der Waals surface area contributed by atoms with Gasteiger partial charge in [0.15, 0.2) is 0 Å². The largest absolute Gasteiger partial charge is 0.361 e. The molecule has 3 nitrogen and oxygen atoms in total. The molecule has 1 amide bonds. The van der Waals surface area contributed by atoms with Crippen LogP contribution in [0.1, 0.15) is 44.6 Å². The average molecular weight is 284 g/mol. The summed E-state index contributed by atoms with van der Waals surface area (Å²) in [6, 6.07) is 8.85. The number of aromatic nitrogens is 1. The van der Waals surface area contributed by atoms with Crippen molar-refractivity contribution in [2.45, 2.75) is 51.5 Å². The van der Waals surface area contributed by atoms with Crippen molar-refractivity contribution in [2.24, 2.45) is 0 Å². The maximum Gasteiger partial charge on any atom is 0.222 e. The molecule has 112 valence electrons. The molecule has 1 saturated heterocycles. The minimum atomic E-state index is 0.346. The third-order valence-corrected chi connectivity index (χ3v) is 4.68. The van der Waals surface area contributed by atoms with Crippen LogP contribution in [-0.4, -0.2) is 28.4 Å². The fraction of sp³-hybridized carbons (Fsp3) is 0.500. The molecule has 2 heterocycles. The number of benzene rings is 1. The number of carbonyl (C=O) groups is 1. The van der Waals surface area contributed by atoms with Crippen molar-refractivity contribution in [2.75, 3.05) is 6.54 Å². The van der Waals surface area contributed by atoms with E-state index >= 15 is 0 Å². The molecule has 0 saturated carbocycles. The van der Waals surface area contributed by atoms with Gasteiger partial charge in [-0.05, 0) is 43.7 Å². The van der Waals surface area contributed by atoms with Crippen molar-refractivity contribution in [3.05, 3.63) is 36.0 Å². The lowest BCUT2D eigenvalue weighted by Crippen LogP contribution is -2.34. The number of rotatable bonds is 5. The molecule has 0 bridgehead atoms. The molecule has 1 aliphatic rings. The number of hydrogen-bond donors (Lipinski definition) is 1. The van der Waals surface area contributed by atoms with Gasteiger partial charge in [-0.25, -0.2) is 0 Å². The topological polar surface area (TPSA) is 36.1 Å². The minimum Gasteiger partial charge on any atom is -0.361 e. The van der Waals surface area contributed by atoms with Gasteiger partial charge < -0.3 is 9.88 Å². The molecule has 1 aliphatic heterocycles. The molecule has 1 unspecified atom stereocenters. The molecule has 3 rings (SSSR count). The molecule has 3 heteroatoms. The van der Waals surface area contributed by atoms with Gasteiger partial charge in [0.05, 0.1) is 0 Å². The maximum absolute atomic E-state index is 12.3. The molecule has 0 radical (unpaired) electrons. The van der Waals surface area contributed by atoms with Crippen LogP contribution < -0.4 is 0 Å². The fourth-order valence-electron chi connectivity index (χ4n) is 3.50. The summed E-state index contributed by atoms with van der Waals surface area (Å²) in [4.78, 5) is 17.7. The average Bonchev–Trinajstić information content (AvgIpc) is 3.14. The van der Waals surface area contributed by atoms with E-state index in [-0.39, 0.29) is 0 Å². The highest BCUT2D eigenvalue weighted by Gasteiger charge is 2.26. The van der Waals surface area contributed by atoms with Crippen LogP contribution in [0.2, 0.25) is 0 Å². The standard InChI is InChI=1S/C18H24N2O/c1-2-15-8-6-12-20(15)18(21)11-5-7-14-13-19-17-10-4-3-9-16(14)17/h3-4,9-10,13,15,19H,2,5-8,11-12H2,1H3.